The first-order chi connectivity index (χ1) is 8.13. The van der Waals surface area contributed by atoms with Gasteiger partial charge in [0, 0.05) is 0 Å². The van der Waals surface area contributed by atoms with E-state index in [1.54, 1.807) is 20.8 Å². The van der Waals surface area contributed by atoms with Crippen LogP contribution >= 0.6 is 0 Å². The Morgan fingerprint density at radius 1 is 1.39 bits per heavy atom. The number of hydrogen-bond acceptors (Lipinski definition) is 4. The summed E-state index contributed by atoms with van der Waals surface area (Å²) in [4.78, 5) is 12.1. The van der Waals surface area contributed by atoms with Crippen LogP contribution in [0.3, 0.4) is 0 Å². The van der Waals surface area contributed by atoms with E-state index in [9.17, 15) is 9.00 Å². The molecule has 1 heterocycles. The molecule has 0 aromatic carbocycles. The van der Waals surface area contributed by atoms with Crippen molar-refractivity contribution in [2.75, 3.05) is 0 Å². The Hall–Kier alpha value is -0.620. The monoisotopic (exact) mass is 275 g/mol. The van der Waals surface area contributed by atoms with Crippen molar-refractivity contribution in [3.05, 3.63) is 0 Å². The third-order valence-corrected chi connectivity index (χ3v) is 4.45. The molecule has 1 aliphatic carbocycles. The highest BCUT2D eigenvalue weighted by Crippen LogP contribution is 2.46. The fourth-order valence-corrected chi connectivity index (χ4v) is 3.51. The van der Waals surface area contributed by atoms with E-state index in [2.05, 4.69) is 0 Å². The van der Waals surface area contributed by atoms with Crippen LogP contribution in [0, 0.1) is 5.92 Å². The van der Waals surface area contributed by atoms with Crippen LogP contribution in [0.2, 0.25) is 0 Å². The van der Waals surface area contributed by atoms with E-state index in [0.717, 1.165) is 12.8 Å². The molecule has 18 heavy (non-hydrogen) atoms. The van der Waals surface area contributed by atoms with Gasteiger partial charge in [-0.25, -0.2) is 9.00 Å². The minimum atomic E-state index is -1.75. The number of amides is 1. The van der Waals surface area contributed by atoms with Crippen molar-refractivity contribution in [3.8, 4) is 0 Å². The van der Waals surface area contributed by atoms with Gasteiger partial charge >= 0.3 is 6.09 Å². The number of rotatable bonds is 1. The molecule has 2 atom stereocenters. The van der Waals surface area contributed by atoms with Crippen molar-refractivity contribution in [1.29, 1.82) is 0 Å². The normalized spacial score (nSPS) is 31.5. The maximum absolute atomic E-state index is 12.1. The first-order valence-corrected chi connectivity index (χ1v) is 7.28. The van der Waals surface area contributed by atoms with Gasteiger partial charge in [0.05, 0.1) is 5.54 Å². The van der Waals surface area contributed by atoms with E-state index in [0.29, 0.717) is 5.92 Å². The van der Waals surface area contributed by atoms with Crippen molar-refractivity contribution in [3.63, 3.8) is 0 Å². The van der Waals surface area contributed by atoms with Crippen LogP contribution in [-0.2, 0) is 20.2 Å². The van der Waals surface area contributed by atoms with Crippen LogP contribution in [0.5, 0.6) is 0 Å². The molecular formula is C12H21NO4S. The molecule has 2 fully saturated rings. The summed E-state index contributed by atoms with van der Waals surface area (Å²) in [7, 11) is 0. The van der Waals surface area contributed by atoms with E-state index >= 15 is 0 Å². The van der Waals surface area contributed by atoms with Crippen LogP contribution in [0.1, 0.15) is 47.5 Å². The Labute approximate surface area is 111 Å². The predicted molar refractivity (Wildman–Crippen MR) is 67.9 cm³/mol. The molecule has 1 amide bonds. The van der Waals surface area contributed by atoms with E-state index in [1.807, 2.05) is 13.8 Å². The summed E-state index contributed by atoms with van der Waals surface area (Å²) in [6.45, 7) is 9.12. The second-order valence-electron chi connectivity index (χ2n) is 6.50. The highest BCUT2D eigenvalue weighted by molar-refractivity contribution is 7.78. The van der Waals surface area contributed by atoms with Gasteiger partial charge in [-0.2, -0.15) is 4.31 Å². The topological polar surface area (TPSA) is 55.8 Å². The summed E-state index contributed by atoms with van der Waals surface area (Å²) >= 11 is -1.75. The molecule has 0 aromatic heterocycles. The Bertz CT molecular complexity index is 384. The molecule has 0 aromatic rings. The summed E-state index contributed by atoms with van der Waals surface area (Å²) in [5.41, 5.74) is -1.19. The van der Waals surface area contributed by atoms with E-state index in [-0.39, 0.29) is 6.10 Å². The van der Waals surface area contributed by atoms with Crippen LogP contribution < -0.4 is 0 Å². The van der Waals surface area contributed by atoms with Crippen molar-refractivity contribution in [2.24, 2.45) is 5.92 Å². The molecule has 2 aliphatic rings. The first kappa shape index (κ1) is 13.8. The predicted octanol–water partition coefficient (Wildman–Crippen LogP) is 2.39. The lowest BCUT2D eigenvalue weighted by Gasteiger charge is -2.32. The van der Waals surface area contributed by atoms with Gasteiger partial charge in [0.2, 0.25) is 0 Å². The maximum atomic E-state index is 12.1. The largest absolute Gasteiger partial charge is 0.443 e. The lowest BCUT2D eigenvalue weighted by molar-refractivity contribution is 0.0217. The molecule has 104 valence electrons. The van der Waals surface area contributed by atoms with Crippen LogP contribution in [0.15, 0.2) is 0 Å². The third kappa shape index (κ3) is 2.54. The number of ether oxygens (including phenoxy) is 1. The minimum absolute atomic E-state index is 0.161. The van der Waals surface area contributed by atoms with Gasteiger partial charge < -0.3 is 4.74 Å². The second-order valence-corrected chi connectivity index (χ2v) is 7.49. The van der Waals surface area contributed by atoms with Crippen LogP contribution in [0.25, 0.3) is 0 Å². The van der Waals surface area contributed by atoms with Gasteiger partial charge in [-0.1, -0.05) is 0 Å². The molecule has 0 spiro atoms. The van der Waals surface area contributed by atoms with Crippen LogP contribution in [-0.4, -0.2) is 31.9 Å². The van der Waals surface area contributed by atoms with E-state index in [1.165, 1.54) is 4.31 Å². The molecule has 2 rings (SSSR count). The lowest BCUT2D eigenvalue weighted by atomic mass is 9.94. The lowest BCUT2D eigenvalue weighted by Crippen LogP contribution is -2.50. The van der Waals surface area contributed by atoms with Gasteiger partial charge in [-0.3, -0.25) is 4.18 Å². The average molecular weight is 275 g/mol. The van der Waals surface area contributed by atoms with Gasteiger partial charge in [0.1, 0.15) is 11.7 Å². The molecule has 0 N–H and O–H groups in total. The quantitative estimate of drug-likeness (QED) is 0.737. The molecule has 5 nitrogen and oxygen atoms in total. The molecule has 6 heteroatoms. The van der Waals surface area contributed by atoms with E-state index in [4.69, 9.17) is 8.92 Å². The van der Waals surface area contributed by atoms with Crippen molar-refractivity contribution >= 4 is 17.4 Å². The smallest absolute Gasteiger partial charge is 0.424 e. The molecule has 0 radical (unpaired) electrons. The van der Waals surface area contributed by atoms with Crippen LogP contribution in [0.4, 0.5) is 4.79 Å². The van der Waals surface area contributed by atoms with Crippen molar-refractivity contribution in [1.82, 2.24) is 4.31 Å². The molecular weight excluding hydrogens is 254 g/mol. The average Bonchev–Trinajstić information content (AvgIpc) is 2.89. The number of carbonyl (C=O) groups excluding carboxylic acids is 1. The first-order valence-electron chi connectivity index (χ1n) is 6.25. The highest BCUT2D eigenvalue weighted by atomic mass is 32.2. The summed E-state index contributed by atoms with van der Waals surface area (Å²) in [6.07, 6.45) is 1.42. The van der Waals surface area contributed by atoms with Gasteiger partial charge in [-0.05, 0) is 53.4 Å². The Balaban J connectivity index is 2.16. The minimum Gasteiger partial charge on any atom is -0.443 e. The number of hydrogen-bond donors (Lipinski definition) is 0. The summed E-state index contributed by atoms with van der Waals surface area (Å²) < 4.78 is 23.9. The molecule has 0 bridgehead atoms. The third-order valence-electron chi connectivity index (χ3n) is 3.16. The zero-order chi connectivity index (χ0) is 13.7. The number of carbonyl (C=O) groups is 1. The van der Waals surface area contributed by atoms with Gasteiger partial charge in [-0.15, -0.1) is 0 Å². The fourth-order valence-electron chi connectivity index (χ4n) is 2.21. The van der Waals surface area contributed by atoms with E-state index < -0.39 is 28.5 Å². The Kier molecular flexibility index (Phi) is 3.22. The zero-order valence-electron chi connectivity index (χ0n) is 11.6. The Morgan fingerprint density at radius 2 is 1.94 bits per heavy atom. The number of nitrogens with zero attached hydrogens (tertiary/aromatic N) is 1. The molecule has 2 unspecified atom stereocenters. The second kappa shape index (κ2) is 4.20. The highest BCUT2D eigenvalue weighted by Gasteiger charge is 2.56. The maximum Gasteiger partial charge on any atom is 0.424 e. The van der Waals surface area contributed by atoms with Crippen molar-refractivity contribution < 1.29 is 17.9 Å². The standard InChI is InChI=1S/C12H21NO4S/c1-11(2,3)16-10(14)13-12(4,5)9(8-6-7-8)17-18(13)15/h8-9H,6-7H2,1-5H3. The molecule has 1 saturated carbocycles. The zero-order valence-corrected chi connectivity index (χ0v) is 12.4. The van der Waals surface area contributed by atoms with Gasteiger partial charge in [0.25, 0.3) is 11.3 Å². The summed E-state index contributed by atoms with van der Waals surface area (Å²) in [6, 6.07) is 0. The SMILES string of the molecule is CC(C)(C)OC(=O)N1S(=O)OC(C2CC2)C1(C)C. The molecule has 1 saturated heterocycles. The molecule has 1 aliphatic heterocycles. The Morgan fingerprint density at radius 3 is 2.39 bits per heavy atom. The van der Waals surface area contributed by atoms with Crippen molar-refractivity contribution in [2.45, 2.75) is 64.7 Å². The summed E-state index contributed by atoms with van der Waals surface area (Å²) in [5.74, 6) is 0.413. The van der Waals surface area contributed by atoms with Gasteiger partial charge in [0.15, 0.2) is 0 Å². The fraction of sp³-hybridized carbons (Fsp3) is 0.917. The summed E-state index contributed by atoms with van der Waals surface area (Å²) in [5, 5.41) is 0.